The summed E-state index contributed by atoms with van der Waals surface area (Å²) in [5.74, 6) is 0.634. The molecule has 90 valence electrons. The Hall–Kier alpha value is -1.29. The monoisotopic (exact) mass is 227 g/mol. The average molecular weight is 227 g/mol. The van der Waals surface area contributed by atoms with Crippen molar-refractivity contribution >= 4 is 0 Å². The zero-order chi connectivity index (χ0) is 12.1. The van der Waals surface area contributed by atoms with E-state index in [1.807, 2.05) is 6.07 Å². The van der Waals surface area contributed by atoms with E-state index in [2.05, 4.69) is 25.1 Å². The van der Waals surface area contributed by atoms with Crippen LogP contribution in [0.1, 0.15) is 68.1 Å². The van der Waals surface area contributed by atoms with Gasteiger partial charge >= 0.3 is 0 Å². The molecule has 0 amide bonds. The molecule has 1 nitrogen and oxygen atoms in total. The van der Waals surface area contributed by atoms with Gasteiger partial charge in [0.15, 0.2) is 0 Å². The van der Waals surface area contributed by atoms with Crippen LogP contribution in [0, 0.1) is 11.3 Å². The van der Waals surface area contributed by atoms with Gasteiger partial charge in [-0.25, -0.2) is 0 Å². The summed E-state index contributed by atoms with van der Waals surface area (Å²) >= 11 is 0. The fraction of sp³-hybridized carbons (Fsp3) is 0.562. The smallest absolute Gasteiger partial charge is 0.0994 e. The van der Waals surface area contributed by atoms with Crippen LogP contribution in [-0.4, -0.2) is 0 Å². The van der Waals surface area contributed by atoms with Crippen LogP contribution >= 0.6 is 0 Å². The molecule has 0 atom stereocenters. The number of nitriles is 1. The third kappa shape index (κ3) is 2.88. The molecule has 0 saturated heterocycles. The van der Waals surface area contributed by atoms with Gasteiger partial charge in [-0.15, -0.1) is 0 Å². The van der Waals surface area contributed by atoms with E-state index in [0.717, 1.165) is 12.0 Å². The van der Waals surface area contributed by atoms with Crippen LogP contribution in [0.5, 0.6) is 0 Å². The minimum atomic E-state index is 0.634. The Morgan fingerprint density at radius 2 is 2.00 bits per heavy atom. The SMILES string of the molecule is CCCc1ccc(C#N)c(C2CCCCC2)c1. The van der Waals surface area contributed by atoms with Crippen LogP contribution < -0.4 is 0 Å². The molecule has 0 aromatic heterocycles. The van der Waals surface area contributed by atoms with Crippen LogP contribution in [0.3, 0.4) is 0 Å². The summed E-state index contributed by atoms with van der Waals surface area (Å²) in [4.78, 5) is 0. The van der Waals surface area contributed by atoms with Crippen molar-refractivity contribution in [2.45, 2.75) is 57.8 Å². The topological polar surface area (TPSA) is 23.8 Å². The summed E-state index contributed by atoms with van der Waals surface area (Å²) < 4.78 is 0. The van der Waals surface area contributed by atoms with E-state index in [9.17, 15) is 5.26 Å². The molecule has 17 heavy (non-hydrogen) atoms. The summed E-state index contributed by atoms with van der Waals surface area (Å²) in [7, 11) is 0. The highest BCUT2D eigenvalue weighted by molar-refractivity contribution is 5.42. The lowest BCUT2D eigenvalue weighted by molar-refractivity contribution is 0.443. The van der Waals surface area contributed by atoms with Crippen LogP contribution in [0.2, 0.25) is 0 Å². The second kappa shape index (κ2) is 5.87. The maximum absolute atomic E-state index is 9.22. The quantitative estimate of drug-likeness (QED) is 0.742. The zero-order valence-corrected chi connectivity index (χ0v) is 10.7. The van der Waals surface area contributed by atoms with Crippen molar-refractivity contribution in [3.8, 4) is 6.07 Å². The van der Waals surface area contributed by atoms with Gasteiger partial charge < -0.3 is 0 Å². The third-order valence-corrected chi connectivity index (χ3v) is 3.82. The number of hydrogen-bond acceptors (Lipinski definition) is 1. The van der Waals surface area contributed by atoms with E-state index in [1.165, 1.54) is 49.7 Å². The van der Waals surface area contributed by atoms with E-state index in [4.69, 9.17) is 0 Å². The lowest BCUT2D eigenvalue weighted by atomic mass is 9.81. The maximum atomic E-state index is 9.22. The van der Waals surface area contributed by atoms with Gasteiger partial charge in [-0.3, -0.25) is 0 Å². The van der Waals surface area contributed by atoms with Crippen molar-refractivity contribution in [1.29, 1.82) is 5.26 Å². The standard InChI is InChI=1S/C16H21N/c1-2-6-13-9-10-15(12-17)16(11-13)14-7-4-3-5-8-14/h9-11,14H,2-8H2,1H3. The summed E-state index contributed by atoms with van der Waals surface area (Å²) in [6, 6.07) is 8.79. The first-order valence-electron chi connectivity index (χ1n) is 6.88. The van der Waals surface area contributed by atoms with E-state index < -0.39 is 0 Å². The summed E-state index contributed by atoms with van der Waals surface area (Å²) in [5, 5.41) is 9.22. The Morgan fingerprint density at radius 1 is 1.24 bits per heavy atom. The van der Waals surface area contributed by atoms with Crippen LogP contribution in [0.25, 0.3) is 0 Å². The van der Waals surface area contributed by atoms with Gasteiger partial charge in [0.2, 0.25) is 0 Å². The first-order valence-corrected chi connectivity index (χ1v) is 6.88. The molecule has 0 heterocycles. The summed E-state index contributed by atoms with van der Waals surface area (Å²) in [6.07, 6.45) is 8.87. The Morgan fingerprint density at radius 3 is 2.65 bits per heavy atom. The van der Waals surface area contributed by atoms with Crippen molar-refractivity contribution < 1.29 is 0 Å². The molecule has 1 aliphatic rings. The summed E-state index contributed by atoms with van der Waals surface area (Å²) in [6.45, 7) is 2.21. The van der Waals surface area contributed by atoms with Crippen LogP contribution in [-0.2, 0) is 6.42 Å². The van der Waals surface area contributed by atoms with Crippen LogP contribution in [0.15, 0.2) is 18.2 Å². The van der Waals surface area contributed by atoms with E-state index in [1.54, 1.807) is 0 Å². The molecule has 1 heteroatoms. The molecule has 1 aromatic carbocycles. The first kappa shape index (κ1) is 12.2. The largest absolute Gasteiger partial charge is 0.192 e. The van der Waals surface area contributed by atoms with E-state index >= 15 is 0 Å². The second-order valence-electron chi connectivity index (χ2n) is 5.12. The average Bonchev–Trinajstić information content (AvgIpc) is 2.40. The number of rotatable bonds is 3. The van der Waals surface area contributed by atoms with Crippen LogP contribution in [0.4, 0.5) is 0 Å². The van der Waals surface area contributed by atoms with Crippen molar-refractivity contribution in [2.75, 3.05) is 0 Å². The predicted octanol–water partition coefficient (Wildman–Crippen LogP) is 4.56. The molecule has 0 radical (unpaired) electrons. The molecule has 0 spiro atoms. The maximum Gasteiger partial charge on any atom is 0.0994 e. The number of benzene rings is 1. The molecule has 0 aliphatic heterocycles. The summed E-state index contributed by atoms with van der Waals surface area (Å²) in [5.41, 5.74) is 3.61. The predicted molar refractivity (Wildman–Crippen MR) is 71.0 cm³/mol. The zero-order valence-electron chi connectivity index (χ0n) is 10.7. The van der Waals surface area contributed by atoms with Gasteiger partial charge in [0.25, 0.3) is 0 Å². The molecule has 1 aliphatic carbocycles. The van der Waals surface area contributed by atoms with E-state index in [0.29, 0.717) is 5.92 Å². The fourth-order valence-corrected chi connectivity index (χ4v) is 2.91. The number of aryl methyl sites for hydroxylation is 1. The lowest BCUT2D eigenvalue weighted by Crippen LogP contribution is -2.07. The Balaban J connectivity index is 2.28. The van der Waals surface area contributed by atoms with Crippen molar-refractivity contribution in [3.63, 3.8) is 0 Å². The van der Waals surface area contributed by atoms with Gasteiger partial charge in [0, 0.05) is 0 Å². The minimum Gasteiger partial charge on any atom is -0.192 e. The molecule has 1 fully saturated rings. The highest BCUT2D eigenvalue weighted by atomic mass is 14.3. The molecule has 0 unspecified atom stereocenters. The molecule has 0 N–H and O–H groups in total. The Kier molecular flexibility index (Phi) is 4.20. The normalized spacial score (nSPS) is 16.7. The van der Waals surface area contributed by atoms with E-state index in [-0.39, 0.29) is 0 Å². The molecular weight excluding hydrogens is 206 g/mol. The minimum absolute atomic E-state index is 0.634. The lowest BCUT2D eigenvalue weighted by Gasteiger charge is -2.23. The number of nitrogens with zero attached hydrogens (tertiary/aromatic N) is 1. The van der Waals surface area contributed by atoms with Crippen molar-refractivity contribution in [3.05, 3.63) is 34.9 Å². The third-order valence-electron chi connectivity index (χ3n) is 3.82. The van der Waals surface area contributed by atoms with Gasteiger partial charge in [-0.1, -0.05) is 44.7 Å². The Bertz CT molecular complexity index is 408. The first-order chi connectivity index (χ1) is 8.35. The second-order valence-corrected chi connectivity index (χ2v) is 5.12. The molecular formula is C16H21N. The van der Waals surface area contributed by atoms with Gasteiger partial charge in [0.05, 0.1) is 11.6 Å². The van der Waals surface area contributed by atoms with Gasteiger partial charge in [-0.2, -0.15) is 5.26 Å². The van der Waals surface area contributed by atoms with Gasteiger partial charge in [-0.05, 0) is 42.4 Å². The molecule has 1 aromatic rings. The highest BCUT2D eigenvalue weighted by Gasteiger charge is 2.18. The molecule has 1 saturated carbocycles. The van der Waals surface area contributed by atoms with Gasteiger partial charge in [0.1, 0.15) is 0 Å². The molecule has 0 bridgehead atoms. The number of hydrogen-bond donors (Lipinski definition) is 0. The Labute approximate surface area is 104 Å². The van der Waals surface area contributed by atoms with Crippen molar-refractivity contribution in [2.24, 2.45) is 0 Å². The highest BCUT2D eigenvalue weighted by Crippen LogP contribution is 2.34. The van der Waals surface area contributed by atoms with Crippen molar-refractivity contribution in [1.82, 2.24) is 0 Å². The fourth-order valence-electron chi connectivity index (χ4n) is 2.91. The molecule has 2 rings (SSSR count).